The third-order valence-corrected chi connectivity index (χ3v) is 7.00. The Morgan fingerprint density at radius 2 is 2.00 bits per heavy atom. The normalized spacial score (nSPS) is 26.1. The number of amides is 1. The second-order valence-electron chi connectivity index (χ2n) is 8.46. The maximum Gasteiger partial charge on any atom is 0.339 e. The summed E-state index contributed by atoms with van der Waals surface area (Å²) in [5.41, 5.74) is 2.08. The third-order valence-electron chi connectivity index (χ3n) is 7.00. The van der Waals surface area contributed by atoms with Crippen molar-refractivity contribution in [3.8, 4) is 5.75 Å². The van der Waals surface area contributed by atoms with Crippen LogP contribution < -0.4 is 4.74 Å². The summed E-state index contributed by atoms with van der Waals surface area (Å²) in [5.74, 6) is 0.283. The molecule has 1 aromatic heterocycles. The molecule has 7 heteroatoms. The molecule has 0 radical (unpaired) electrons. The van der Waals surface area contributed by atoms with E-state index in [1.807, 2.05) is 27.8 Å². The number of aromatic nitrogens is 2. The maximum absolute atomic E-state index is 13.2. The van der Waals surface area contributed by atoms with Crippen LogP contribution in [0.25, 0.3) is 0 Å². The van der Waals surface area contributed by atoms with E-state index in [2.05, 4.69) is 11.2 Å². The van der Waals surface area contributed by atoms with Crippen molar-refractivity contribution in [2.75, 3.05) is 19.7 Å². The van der Waals surface area contributed by atoms with Gasteiger partial charge in [0, 0.05) is 30.0 Å². The highest BCUT2D eigenvalue weighted by molar-refractivity contribution is 5.88. The average molecular weight is 395 g/mol. The van der Waals surface area contributed by atoms with Gasteiger partial charge in [-0.25, -0.2) is 4.79 Å². The second kappa shape index (κ2) is 6.61. The number of aromatic carboxylic acids is 1. The fraction of sp³-hybridized carbons (Fsp3) is 0.500. The van der Waals surface area contributed by atoms with E-state index in [9.17, 15) is 14.7 Å². The van der Waals surface area contributed by atoms with Gasteiger partial charge in [0.15, 0.2) is 0 Å². The predicted octanol–water partition coefficient (Wildman–Crippen LogP) is 2.79. The number of hydrogen-bond acceptors (Lipinski definition) is 4. The molecule has 3 heterocycles. The van der Waals surface area contributed by atoms with E-state index < -0.39 is 5.97 Å². The molecule has 1 spiro atoms. The van der Waals surface area contributed by atoms with Crippen LogP contribution >= 0.6 is 0 Å². The Kier molecular flexibility index (Phi) is 4.15. The van der Waals surface area contributed by atoms with Crippen LogP contribution in [0.5, 0.6) is 5.75 Å². The number of hydrogen-bond donors (Lipinski definition) is 1. The lowest BCUT2D eigenvalue weighted by Crippen LogP contribution is -2.41. The number of likely N-dealkylation sites (tertiary alicyclic amines) is 1. The Bertz CT molecular complexity index is 976. The van der Waals surface area contributed by atoms with Gasteiger partial charge in [-0.3, -0.25) is 9.48 Å². The molecule has 0 bridgehead atoms. The highest BCUT2D eigenvalue weighted by Gasteiger charge is 2.61. The summed E-state index contributed by atoms with van der Waals surface area (Å²) in [6, 6.07) is 8.26. The number of fused-ring (bicyclic) bond motifs is 2. The molecule has 0 unspecified atom stereocenters. The lowest BCUT2D eigenvalue weighted by Gasteiger charge is -2.34. The standard InChI is InChI=1S/C22H25N3O4/c1-14-16(21(27)28)13-23-25(14)15-6-9-24(10-7-15)20(26)18-12-22(18)8-11-29-19-5-3-2-4-17(19)22/h2-5,13,15,18H,6-12H2,1H3,(H,27,28)/t18-,22-/m0/s1. The zero-order valence-electron chi connectivity index (χ0n) is 16.5. The molecule has 1 amide bonds. The highest BCUT2D eigenvalue weighted by Crippen LogP contribution is 2.61. The van der Waals surface area contributed by atoms with E-state index in [1.165, 1.54) is 11.8 Å². The number of ether oxygens (including phenoxy) is 1. The molecule has 2 fully saturated rings. The Morgan fingerprint density at radius 1 is 1.24 bits per heavy atom. The Balaban J connectivity index is 1.26. The first-order valence-electron chi connectivity index (χ1n) is 10.3. The van der Waals surface area contributed by atoms with E-state index in [0.717, 1.165) is 31.4 Å². The number of benzene rings is 1. The first-order valence-corrected chi connectivity index (χ1v) is 10.3. The Morgan fingerprint density at radius 3 is 2.72 bits per heavy atom. The number of nitrogens with zero attached hydrogens (tertiary/aromatic N) is 3. The summed E-state index contributed by atoms with van der Waals surface area (Å²) in [5, 5.41) is 13.5. The van der Waals surface area contributed by atoms with Crippen molar-refractivity contribution in [1.82, 2.24) is 14.7 Å². The van der Waals surface area contributed by atoms with Gasteiger partial charge in [-0.05, 0) is 38.7 Å². The van der Waals surface area contributed by atoms with Gasteiger partial charge in [0.2, 0.25) is 5.91 Å². The van der Waals surface area contributed by atoms with Gasteiger partial charge in [-0.15, -0.1) is 0 Å². The first kappa shape index (κ1) is 18.2. The van der Waals surface area contributed by atoms with Crippen LogP contribution in [0.4, 0.5) is 0 Å². The molecule has 7 nitrogen and oxygen atoms in total. The van der Waals surface area contributed by atoms with Crippen LogP contribution in [0.2, 0.25) is 0 Å². The molecule has 2 aromatic rings. The third kappa shape index (κ3) is 2.82. The van der Waals surface area contributed by atoms with Gasteiger partial charge < -0.3 is 14.7 Å². The van der Waals surface area contributed by atoms with Crippen molar-refractivity contribution in [3.63, 3.8) is 0 Å². The summed E-state index contributed by atoms with van der Waals surface area (Å²) < 4.78 is 7.61. The van der Waals surface area contributed by atoms with Gasteiger partial charge in [0.05, 0.1) is 24.5 Å². The number of carboxylic acid groups (broad SMARTS) is 1. The number of carbonyl (C=O) groups excluding carboxylic acids is 1. The minimum atomic E-state index is -0.947. The van der Waals surface area contributed by atoms with Crippen molar-refractivity contribution in [2.24, 2.45) is 5.92 Å². The lowest BCUT2D eigenvalue weighted by molar-refractivity contribution is -0.134. The van der Waals surface area contributed by atoms with Crippen LogP contribution in [-0.2, 0) is 10.2 Å². The molecule has 1 N–H and O–H groups in total. The van der Waals surface area contributed by atoms with Crippen molar-refractivity contribution in [1.29, 1.82) is 0 Å². The van der Waals surface area contributed by atoms with Crippen molar-refractivity contribution >= 4 is 11.9 Å². The largest absolute Gasteiger partial charge is 0.493 e. The van der Waals surface area contributed by atoms with Gasteiger partial charge in [0.1, 0.15) is 11.3 Å². The van der Waals surface area contributed by atoms with Gasteiger partial charge >= 0.3 is 5.97 Å². The summed E-state index contributed by atoms with van der Waals surface area (Å²) in [4.78, 5) is 26.5. The zero-order chi connectivity index (χ0) is 20.2. The monoisotopic (exact) mass is 395 g/mol. The average Bonchev–Trinajstić information content (AvgIpc) is 3.31. The fourth-order valence-electron chi connectivity index (χ4n) is 5.24. The van der Waals surface area contributed by atoms with Crippen LogP contribution in [0.1, 0.15) is 53.3 Å². The number of para-hydroxylation sites is 1. The first-order chi connectivity index (χ1) is 14.0. The molecular weight excluding hydrogens is 370 g/mol. The Hall–Kier alpha value is -2.83. The minimum absolute atomic E-state index is 0.0439. The van der Waals surface area contributed by atoms with Crippen molar-refractivity contribution in [3.05, 3.63) is 47.3 Å². The molecular formula is C22H25N3O4. The minimum Gasteiger partial charge on any atom is -0.493 e. The predicted molar refractivity (Wildman–Crippen MR) is 105 cm³/mol. The molecule has 5 rings (SSSR count). The number of rotatable bonds is 3. The second-order valence-corrected chi connectivity index (χ2v) is 8.46. The van der Waals surface area contributed by atoms with Crippen LogP contribution in [0, 0.1) is 12.8 Å². The van der Waals surface area contributed by atoms with Crippen molar-refractivity contribution in [2.45, 2.75) is 44.1 Å². The molecule has 2 aliphatic heterocycles. The summed E-state index contributed by atoms with van der Waals surface area (Å²) in [7, 11) is 0. The van der Waals surface area contributed by atoms with Gasteiger partial charge in [-0.2, -0.15) is 5.10 Å². The quantitative estimate of drug-likeness (QED) is 0.864. The van der Waals surface area contributed by atoms with Crippen molar-refractivity contribution < 1.29 is 19.4 Å². The smallest absolute Gasteiger partial charge is 0.339 e. The van der Waals surface area contributed by atoms with Gasteiger partial charge in [0.25, 0.3) is 0 Å². The maximum atomic E-state index is 13.2. The SMILES string of the molecule is Cc1c(C(=O)O)cnn1C1CCN(C(=O)[C@@H]2C[C@]23CCOc2ccccc23)CC1. The molecule has 152 valence electrons. The summed E-state index contributed by atoms with van der Waals surface area (Å²) in [6.45, 7) is 3.85. The van der Waals surface area contributed by atoms with E-state index in [0.29, 0.717) is 25.4 Å². The molecule has 1 saturated heterocycles. The van der Waals surface area contributed by atoms with E-state index in [4.69, 9.17) is 4.74 Å². The van der Waals surface area contributed by atoms with Crippen LogP contribution in [0.3, 0.4) is 0 Å². The molecule has 2 atom stereocenters. The Labute approximate surface area is 169 Å². The zero-order valence-corrected chi connectivity index (χ0v) is 16.5. The van der Waals surface area contributed by atoms with Gasteiger partial charge in [-0.1, -0.05) is 18.2 Å². The molecule has 1 aliphatic carbocycles. The topological polar surface area (TPSA) is 84.7 Å². The van der Waals surface area contributed by atoms with E-state index in [1.54, 1.807) is 6.92 Å². The number of piperidine rings is 1. The van der Waals surface area contributed by atoms with E-state index >= 15 is 0 Å². The molecule has 1 aromatic carbocycles. The molecule has 29 heavy (non-hydrogen) atoms. The fourth-order valence-corrected chi connectivity index (χ4v) is 5.24. The molecule has 1 saturated carbocycles. The lowest BCUT2D eigenvalue weighted by atomic mass is 9.87. The number of carbonyl (C=O) groups is 2. The van der Waals surface area contributed by atoms with E-state index in [-0.39, 0.29) is 28.8 Å². The molecule has 3 aliphatic rings. The number of carboxylic acids is 1. The summed E-state index contributed by atoms with van der Waals surface area (Å²) in [6.07, 6.45) is 4.83. The highest BCUT2D eigenvalue weighted by atomic mass is 16.5. The summed E-state index contributed by atoms with van der Waals surface area (Å²) >= 11 is 0. The van der Waals surface area contributed by atoms with Crippen LogP contribution in [-0.4, -0.2) is 51.4 Å². The van der Waals surface area contributed by atoms with Crippen LogP contribution in [0.15, 0.2) is 30.5 Å².